The molecule has 0 unspecified atom stereocenters. The smallest absolute Gasteiger partial charge is 0.220 e. The largest absolute Gasteiger partial charge is 0.351 e. The Morgan fingerprint density at radius 3 is 2.83 bits per heavy atom. The number of thiophene rings is 1. The molecule has 0 aliphatic rings. The molecule has 1 N–H and O–H groups in total. The maximum absolute atomic E-state index is 12.1. The highest BCUT2D eigenvalue weighted by Crippen LogP contribution is 2.21. The van der Waals surface area contributed by atoms with Crippen LogP contribution < -0.4 is 5.32 Å². The lowest BCUT2D eigenvalue weighted by Crippen LogP contribution is -2.23. The van der Waals surface area contributed by atoms with Gasteiger partial charge in [0.05, 0.1) is 16.6 Å². The van der Waals surface area contributed by atoms with Gasteiger partial charge in [0.2, 0.25) is 5.91 Å². The number of aromatic nitrogens is 3. The first-order chi connectivity index (χ1) is 11.4. The molecule has 3 aromatic rings. The monoisotopic (exact) mass is 362 g/mol. The SMILES string of the molecule is Cc1cc2nc(C)c(CCC(=O)NCc3ccc(Cl)s3)c(C)n2n1. The maximum atomic E-state index is 12.1. The van der Waals surface area contributed by atoms with Crippen LogP contribution in [0.5, 0.6) is 0 Å². The number of amides is 1. The lowest BCUT2D eigenvalue weighted by molar-refractivity contribution is -0.121. The van der Waals surface area contributed by atoms with E-state index in [2.05, 4.69) is 15.4 Å². The highest BCUT2D eigenvalue weighted by atomic mass is 35.5. The van der Waals surface area contributed by atoms with Crippen LogP contribution in [-0.4, -0.2) is 20.5 Å². The highest BCUT2D eigenvalue weighted by molar-refractivity contribution is 7.16. The van der Waals surface area contributed by atoms with E-state index in [9.17, 15) is 4.79 Å². The maximum Gasteiger partial charge on any atom is 0.220 e. The summed E-state index contributed by atoms with van der Waals surface area (Å²) in [7, 11) is 0. The summed E-state index contributed by atoms with van der Waals surface area (Å²) >= 11 is 7.37. The lowest BCUT2D eigenvalue weighted by Gasteiger charge is -2.11. The molecular formula is C17H19ClN4OS. The number of hydrogen-bond acceptors (Lipinski definition) is 4. The van der Waals surface area contributed by atoms with Crippen molar-refractivity contribution in [3.63, 3.8) is 0 Å². The van der Waals surface area contributed by atoms with Crippen molar-refractivity contribution in [1.29, 1.82) is 0 Å². The summed E-state index contributed by atoms with van der Waals surface area (Å²) in [5.41, 5.74) is 4.88. The van der Waals surface area contributed by atoms with Gasteiger partial charge in [-0.1, -0.05) is 11.6 Å². The van der Waals surface area contributed by atoms with Crippen LogP contribution in [0, 0.1) is 20.8 Å². The minimum atomic E-state index is 0.0232. The van der Waals surface area contributed by atoms with Gasteiger partial charge in [0.1, 0.15) is 0 Å². The molecule has 0 spiro atoms. The number of carbonyl (C=O) groups is 1. The molecule has 1 amide bonds. The summed E-state index contributed by atoms with van der Waals surface area (Å²) in [5.74, 6) is 0.0232. The number of carbonyl (C=O) groups excluding carboxylic acids is 1. The van der Waals surface area contributed by atoms with E-state index < -0.39 is 0 Å². The molecule has 0 aliphatic carbocycles. The van der Waals surface area contributed by atoms with E-state index in [1.165, 1.54) is 11.3 Å². The van der Waals surface area contributed by atoms with E-state index in [0.29, 0.717) is 19.4 Å². The van der Waals surface area contributed by atoms with Gasteiger partial charge in [-0.2, -0.15) is 5.10 Å². The molecule has 3 aromatic heterocycles. The Balaban J connectivity index is 1.65. The van der Waals surface area contributed by atoms with Gasteiger partial charge in [0, 0.05) is 28.8 Å². The van der Waals surface area contributed by atoms with Gasteiger partial charge in [-0.15, -0.1) is 11.3 Å². The van der Waals surface area contributed by atoms with Crippen molar-refractivity contribution in [2.75, 3.05) is 0 Å². The van der Waals surface area contributed by atoms with E-state index in [1.54, 1.807) is 0 Å². The van der Waals surface area contributed by atoms with Crippen molar-refractivity contribution in [2.45, 2.75) is 40.2 Å². The Labute approximate surface area is 149 Å². The van der Waals surface area contributed by atoms with Crippen LogP contribution in [0.1, 0.15) is 33.9 Å². The van der Waals surface area contributed by atoms with Crippen LogP contribution in [0.25, 0.3) is 5.65 Å². The van der Waals surface area contributed by atoms with Crippen LogP contribution in [0.15, 0.2) is 18.2 Å². The van der Waals surface area contributed by atoms with Gasteiger partial charge < -0.3 is 5.32 Å². The first-order valence-electron chi connectivity index (χ1n) is 7.77. The zero-order valence-electron chi connectivity index (χ0n) is 13.9. The van der Waals surface area contributed by atoms with Crippen LogP contribution in [0.3, 0.4) is 0 Å². The number of rotatable bonds is 5. The van der Waals surface area contributed by atoms with Crippen molar-refractivity contribution < 1.29 is 4.79 Å². The molecule has 0 saturated carbocycles. The lowest BCUT2D eigenvalue weighted by atomic mass is 10.1. The first kappa shape index (κ1) is 16.9. The van der Waals surface area contributed by atoms with Crippen molar-refractivity contribution >= 4 is 34.5 Å². The molecule has 0 aliphatic heterocycles. The second-order valence-electron chi connectivity index (χ2n) is 5.80. The van der Waals surface area contributed by atoms with Crippen LogP contribution in [0.4, 0.5) is 0 Å². The highest BCUT2D eigenvalue weighted by Gasteiger charge is 2.13. The summed E-state index contributed by atoms with van der Waals surface area (Å²) in [6.07, 6.45) is 1.07. The minimum Gasteiger partial charge on any atom is -0.351 e. The third-order valence-corrected chi connectivity index (χ3v) is 5.21. The molecule has 126 valence electrons. The Morgan fingerprint density at radius 2 is 2.12 bits per heavy atom. The van der Waals surface area contributed by atoms with Crippen LogP contribution in [-0.2, 0) is 17.8 Å². The number of fused-ring (bicyclic) bond motifs is 1. The van der Waals surface area contributed by atoms with Crippen LogP contribution in [0.2, 0.25) is 4.34 Å². The van der Waals surface area contributed by atoms with Crippen molar-refractivity contribution in [3.8, 4) is 0 Å². The topological polar surface area (TPSA) is 59.3 Å². The second-order valence-corrected chi connectivity index (χ2v) is 7.60. The molecule has 0 atom stereocenters. The van der Waals surface area contributed by atoms with E-state index in [1.807, 2.05) is 43.5 Å². The molecular weight excluding hydrogens is 344 g/mol. The average molecular weight is 363 g/mol. The summed E-state index contributed by atoms with van der Waals surface area (Å²) in [6.45, 7) is 6.47. The molecule has 3 heterocycles. The normalized spacial score (nSPS) is 11.2. The molecule has 0 saturated heterocycles. The van der Waals surface area contributed by atoms with E-state index in [0.717, 1.165) is 37.5 Å². The molecule has 5 nitrogen and oxygen atoms in total. The molecule has 3 rings (SSSR count). The summed E-state index contributed by atoms with van der Waals surface area (Å²) < 4.78 is 2.59. The van der Waals surface area contributed by atoms with Gasteiger partial charge in [0.15, 0.2) is 5.65 Å². The molecule has 0 radical (unpaired) electrons. The molecule has 0 bridgehead atoms. The predicted octanol–water partition coefficient (Wildman–Crippen LogP) is 3.62. The number of aryl methyl sites for hydroxylation is 3. The van der Waals surface area contributed by atoms with E-state index in [4.69, 9.17) is 11.6 Å². The fourth-order valence-corrected chi connectivity index (χ4v) is 3.79. The van der Waals surface area contributed by atoms with Gasteiger partial charge in [-0.3, -0.25) is 4.79 Å². The van der Waals surface area contributed by atoms with Crippen molar-refractivity contribution in [2.24, 2.45) is 0 Å². The van der Waals surface area contributed by atoms with Crippen molar-refractivity contribution in [1.82, 2.24) is 19.9 Å². The Hall–Kier alpha value is -1.92. The zero-order chi connectivity index (χ0) is 17.3. The fraction of sp³-hybridized carbons (Fsp3) is 0.353. The van der Waals surface area contributed by atoms with Gasteiger partial charge >= 0.3 is 0 Å². The summed E-state index contributed by atoms with van der Waals surface area (Å²) in [4.78, 5) is 17.7. The number of hydrogen-bond donors (Lipinski definition) is 1. The van der Waals surface area contributed by atoms with Crippen molar-refractivity contribution in [3.05, 3.63) is 50.1 Å². The molecule has 0 fully saturated rings. The second kappa shape index (κ2) is 6.91. The molecule has 7 heteroatoms. The van der Waals surface area contributed by atoms with E-state index >= 15 is 0 Å². The van der Waals surface area contributed by atoms with Gasteiger partial charge in [0.25, 0.3) is 0 Å². The molecule has 0 aromatic carbocycles. The predicted molar refractivity (Wildman–Crippen MR) is 96.7 cm³/mol. The first-order valence-corrected chi connectivity index (χ1v) is 8.97. The van der Waals surface area contributed by atoms with Gasteiger partial charge in [-0.25, -0.2) is 9.50 Å². The minimum absolute atomic E-state index is 0.0232. The van der Waals surface area contributed by atoms with E-state index in [-0.39, 0.29) is 5.91 Å². The number of halogens is 1. The molecule has 24 heavy (non-hydrogen) atoms. The number of nitrogens with one attached hydrogen (secondary N) is 1. The standard InChI is InChI=1S/C17H19ClN4OS/c1-10-8-16-20-11(2)14(12(3)22(16)21-10)5-7-17(23)19-9-13-4-6-15(18)24-13/h4,6,8H,5,7,9H2,1-3H3,(H,19,23). The average Bonchev–Trinajstić information content (AvgIpc) is 3.10. The Kier molecular flexibility index (Phi) is 4.87. The third kappa shape index (κ3) is 3.60. The Bertz CT molecular complexity index is 900. The van der Waals surface area contributed by atoms with Crippen LogP contribution >= 0.6 is 22.9 Å². The number of nitrogens with zero attached hydrogens (tertiary/aromatic N) is 3. The summed E-state index contributed by atoms with van der Waals surface area (Å²) in [5, 5.41) is 7.40. The fourth-order valence-electron chi connectivity index (χ4n) is 2.76. The quantitative estimate of drug-likeness (QED) is 0.754. The Morgan fingerprint density at radius 1 is 1.33 bits per heavy atom. The van der Waals surface area contributed by atoms with Gasteiger partial charge in [-0.05, 0) is 44.9 Å². The zero-order valence-corrected chi connectivity index (χ0v) is 15.5. The third-order valence-electron chi connectivity index (χ3n) is 3.98. The summed E-state index contributed by atoms with van der Waals surface area (Å²) in [6, 6.07) is 5.73.